The van der Waals surface area contributed by atoms with Gasteiger partial charge in [-0.25, -0.2) is 0 Å². The first kappa shape index (κ1) is 54.9. The minimum Gasteiger partial charge on any atom is -0.394 e. The van der Waals surface area contributed by atoms with Gasteiger partial charge in [-0.3, -0.25) is 4.79 Å². The molecule has 0 radical (unpaired) electrons. The highest BCUT2D eigenvalue weighted by Gasteiger charge is 2.44. The van der Waals surface area contributed by atoms with Gasteiger partial charge in [0.05, 0.1) is 25.4 Å². The van der Waals surface area contributed by atoms with Gasteiger partial charge in [0.15, 0.2) is 6.29 Å². The molecule has 1 fully saturated rings. The van der Waals surface area contributed by atoms with Crippen LogP contribution in [0.5, 0.6) is 0 Å². The second-order valence-corrected chi connectivity index (χ2v) is 17.6. The topological polar surface area (TPSA) is 149 Å². The molecule has 9 heteroatoms. The Morgan fingerprint density at radius 1 is 0.569 bits per heavy atom. The predicted molar refractivity (Wildman–Crippen MR) is 240 cm³/mol. The zero-order valence-electron chi connectivity index (χ0n) is 37.8. The molecule has 0 aliphatic carbocycles. The molecule has 1 saturated heterocycles. The highest BCUT2D eigenvalue weighted by Crippen LogP contribution is 2.23. The van der Waals surface area contributed by atoms with Crippen LogP contribution in [-0.2, 0) is 14.3 Å². The molecule has 58 heavy (non-hydrogen) atoms. The summed E-state index contributed by atoms with van der Waals surface area (Å²) in [6.45, 7) is 3.77. The summed E-state index contributed by atoms with van der Waals surface area (Å²) in [5, 5.41) is 54.1. The summed E-state index contributed by atoms with van der Waals surface area (Å²) in [7, 11) is 0. The Kier molecular flexibility index (Phi) is 37.9. The van der Waals surface area contributed by atoms with E-state index in [-0.39, 0.29) is 12.5 Å². The monoisotopic (exact) mass is 826 g/mol. The number of nitrogens with one attached hydrogen (secondary N) is 1. The maximum absolute atomic E-state index is 13.0. The van der Waals surface area contributed by atoms with Crippen LogP contribution in [0.4, 0.5) is 0 Å². The Balaban J connectivity index is 2.18. The van der Waals surface area contributed by atoms with E-state index in [4.69, 9.17) is 9.47 Å². The Bertz CT molecular complexity index is 919. The van der Waals surface area contributed by atoms with E-state index >= 15 is 0 Å². The molecule has 0 bridgehead atoms. The molecular weight excluding hydrogens is 731 g/mol. The summed E-state index contributed by atoms with van der Waals surface area (Å²) >= 11 is 0. The predicted octanol–water partition coefficient (Wildman–Crippen LogP) is 10.9. The summed E-state index contributed by atoms with van der Waals surface area (Å²) < 4.78 is 11.2. The molecule has 1 rings (SSSR count). The van der Waals surface area contributed by atoms with Crippen LogP contribution in [0.3, 0.4) is 0 Å². The first-order chi connectivity index (χ1) is 28.3. The van der Waals surface area contributed by atoms with Crippen LogP contribution < -0.4 is 5.32 Å². The van der Waals surface area contributed by atoms with Crippen molar-refractivity contribution in [2.75, 3.05) is 13.2 Å². The number of ether oxygens (including phenoxy) is 2. The lowest BCUT2D eigenvalue weighted by Crippen LogP contribution is -2.60. The number of aliphatic hydroxyl groups excluding tert-OH is 5. The molecular formula is C49H95NO8. The van der Waals surface area contributed by atoms with Gasteiger partial charge < -0.3 is 40.3 Å². The molecule has 1 heterocycles. The molecule has 6 N–H and O–H groups in total. The maximum Gasteiger partial charge on any atom is 0.220 e. The van der Waals surface area contributed by atoms with E-state index in [0.29, 0.717) is 6.42 Å². The Morgan fingerprint density at radius 3 is 1.34 bits per heavy atom. The molecule has 2 unspecified atom stereocenters. The van der Waals surface area contributed by atoms with Gasteiger partial charge in [-0.2, -0.15) is 0 Å². The van der Waals surface area contributed by atoms with Crippen molar-refractivity contribution in [3.05, 3.63) is 12.2 Å². The number of allylic oxidation sites excluding steroid dienone is 1. The molecule has 1 aliphatic rings. The van der Waals surface area contributed by atoms with Gasteiger partial charge in [0, 0.05) is 6.42 Å². The fourth-order valence-corrected chi connectivity index (χ4v) is 8.10. The van der Waals surface area contributed by atoms with Gasteiger partial charge in [-0.15, -0.1) is 0 Å². The van der Waals surface area contributed by atoms with Crippen LogP contribution >= 0.6 is 0 Å². The summed E-state index contributed by atoms with van der Waals surface area (Å²) in [5.74, 6) is -0.174. The minimum atomic E-state index is -1.56. The standard InChI is InChI=1S/C49H95NO8/c1-3-5-7-9-11-13-15-16-17-18-19-20-21-22-23-24-25-26-27-28-29-31-33-35-37-39-45(53)50-42(41-57-49-48(56)47(55)46(54)44(40-51)58-49)43(52)38-36-34-32-30-14-12-10-8-6-4-2/h36,38,42-44,46-49,51-52,54-56H,3-35,37,39-41H2,1-2H3,(H,50,53)/b38-36+/t42-,43+,44+,46-,47?,48?,49+/m0/s1. The second-order valence-electron chi connectivity index (χ2n) is 17.6. The molecule has 0 aromatic carbocycles. The van der Waals surface area contributed by atoms with E-state index in [1.54, 1.807) is 6.08 Å². The largest absolute Gasteiger partial charge is 0.394 e. The third-order valence-corrected chi connectivity index (χ3v) is 12.1. The Hall–Kier alpha value is -1.07. The third-order valence-electron chi connectivity index (χ3n) is 12.1. The smallest absolute Gasteiger partial charge is 0.220 e. The lowest BCUT2D eigenvalue weighted by molar-refractivity contribution is -0.302. The van der Waals surface area contributed by atoms with Crippen molar-refractivity contribution < 1.29 is 39.8 Å². The van der Waals surface area contributed by atoms with Crippen molar-refractivity contribution in [3.8, 4) is 0 Å². The van der Waals surface area contributed by atoms with Crippen molar-refractivity contribution in [2.24, 2.45) is 0 Å². The lowest BCUT2D eigenvalue weighted by atomic mass is 9.99. The molecule has 0 spiro atoms. The fourth-order valence-electron chi connectivity index (χ4n) is 8.10. The zero-order chi connectivity index (χ0) is 42.3. The van der Waals surface area contributed by atoms with Gasteiger partial charge in [0.25, 0.3) is 0 Å². The number of hydrogen-bond donors (Lipinski definition) is 6. The van der Waals surface area contributed by atoms with Gasteiger partial charge >= 0.3 is 0 Å². The van der Waals surface area contributed by atoms with Gasteiger partial charge in [0.2, 0.25) is 5.91 Å². The second kappa shape index (κ2) is 40.0. The lowest BCUT2D eigenvalue weighted by Gasteiger charge is -2.40. The fraction of sp³-hybridized carbons (Fsp3) is 0.939. The molecule has 0 saturated carbocycles. The van der Waals surface area contributed by atoms with Crippen LogP contribution in [0, 0.1) is 0 Å². The summed E-state index contributed by atoms with van der Waals surface area (Å²) in [6.07, 6.45) is 39.9. The van der Waals surface area contributed by atoms with Crippen LogP contribution in [0.15, 0.2) is 12.2 Å². The van der Waals surface area contributed by atoms with Crippen LogP contribution in [-0.4, -0.2) is 87.5 Å². The number of carbonyl (C=O) groups excluding carboxylic acids is 1. The Morgan fingerprint density at radius 2 is 0.948 bits per heavy atom. The molecule has 0 aromatic heterocycles. The van der Waals surface area contributed by atoms with E-state index in [1.807, 2.05) is 6.08 Å². The van der Waals surface area contributed by atoms with E-state index in [0.717, 1.165) is 38.5 Å². The van der Waals surface area contributed by atoms with Crippen LogP contribution in [0.25, 0.3) is 0 Å². The van der Waals surface area contributed by atoms with Gasteiger partial charge in [-0.1, -0.05) is 225 Å². The highest BCUT2D eigenvalue weighted by atomic mass is 16.7. The van der Waals surface area contributed by atoms with Crippen molar-refractivity contribution in [1.29, 1.82) is 0 Å². The number of unbranched alkanes of at least 4 members (excludes halogenated alkanes) is 32. The average Bonchev–Trinajstić information content (AvgIpc) is 3.22. The number of aliphatic hydroxyl groups is 5. The molecule has 1 amide bonds. The van der Waals surface area contributed by atoms with Gasteiger partial charge in [-0.05, 0) is 19.3 Å². The van der Waals surface area contributed by atoms with Crippen molar-refractivity contribution in [2.45, 2.75) is 281 Å². The number of carbonyl (C=O) groups is 1. The maximum atomic E-state index is 13.0. The van der Waals surface area contributed by atoms with E-state index in [2.05, 4.69) is 19.2 Å². The first-order valence-electron chi connectivity index (χ1n) is 24.9. The molecule has 344 valence electrons. The molecule has 7 atom stereocenters. The third kappa shape index (κ3) is 30.0. The first-order valence-corrected chi connectivity index (χ1v) is 24.9. The van der Waals surface area contributed by atoms with Crippen molar-refractivity contribution in [3.63, 3.8) is 0 Å². The summed E-state index contributed by atoms with van der Waals surface area (Å²) in [4.78, 5) is 13.0. The SMILES string of the molecule is CCCCCCCCCC/C=C/[C@@H](O)[C@H](CO[C@@H]1O[C@H](CO)[C@H](O)C(O)C1O)NC(=O)CCCCCCCCCCCCCCCCCCCCCCCCCCC. The average molecular weight is 826 g/mol. The zero-order valence-corrected chi connectivity index (χ0v) is 37.8. The van der Waals surface area contributed by atoms with E-state index < -0.39 is 49.5 Å². The van der Waals surface area contributed by atoms with E-state index in [9.17, 15) is 30.3 Å². The van der Waals surface area contributed by atoms with Crippen molar-refractivity contribution in [1.82, 2.24) is 5.32 Å². The van der Waals surface area contributed by atoms with Crippen molar-refractivity contribution >= 4 is 5.91 Å². The Labute approximate surface area is 356 Å². The van der Waals surface area contributed by atoms with Crippen LogP contribution in [0.2, 0.25) is 0 Å². The van der Waals surface area contributed by atoms with Gasteiger partial charge in [0.1, 0.15) is 24.4 Å². The molecule has 0 aromatic rings. The molecule has 9 nitrogen and oxygen atoms in total. The quantitative estimate of drug-likeness (QED) is 0.0263. The normalized spacial score (nSPS) is 20.8. The number of hydrogen-bond acceptors (Lipinski definition) is 8. The highest BCUT2D eigenvalue weighted by molar-refractivity contribution is 5.76. The molecule has 1 aliphatic heterocycles. The van der Waals surface area contributed by atoms with Crippen LogP contribution in [0.1, 0.15) is 239 Å². The minimum absolute atomic E-state index is 0.174. The summed E-state index contributed by atoms with van der Waals surface area (Å²) in [6, 6.07) is -0.797. The van der Waals surface area contributed by atoms with E-state index in [1.165, 1.54) is 180 Å². The summed E-state index contributed by atoms with van der Waals surface area (Å²) in [5.41, 5.74) is 0. The number of amides is 1. The number of rotatable bonds is 42.